The highest BCUT2D eigenvalue weighted by Crippen LogP contribution is 2.28. The van der Waals surface area contributed by atoms with Gasteiger partial charge in [0.25, 0.3) is 5.91 Å². The molecule has 2 aliphatic heterocycles. The first-order chi connectivity index (χ1) is 14.7. The number of nitrogens with zero attached hydrogens (tertiary/aromatic N) is 4. The molecule has 0 radical (unpaired) electrons. The monoisotopic (exact) mass is 429 g/mol. The van der Waals surface area contributed by atoms with E-state index in [2.05, 4.69) is 37.1 Å². The maximum Gasteiger partial charge on any atom is 0.270 e. The first-order valence-electron chi connectivity index (χ1n) is 10.8. The molecule has 2 saturated heterocycles. The van der Waals surface area contributed by atoms with Gasteiger partial charge in [-0.15, -0.1) is 11.3 Å². The number of carbonyl (C=O) groups excluding carboxylic acids is 1. The van der Waals surface area contributed by atoms with Crippen molar-refractivity contribution in [2.45, 2.75) is 19.4 Å². The summed E-state index contributed by atoms with van der Waals surface area (Å²) >= 11 is 1.58. The Balaban J connectivity index is 1.23. The molecule has 8 heteroatoms. The average Bonchev–Trinajstić information content (AvgIpc) is 3.46. The quantitative estimate of drug-likeness (QED) is 0.695. The molecule has 0 bridgehead atoms. The van der Waals surface area contributed by atoms with Crippen LogP contribution in [0.1, 0.15) is 28.3 Å². The summed E-state index contributed by atoms with van der Waals surface area (Å²) in [5, 5.41) is 5.89. The van der Waals surface area contributed by atoms with E-state index in [0.29, 0.717) is 12.2 Å². The molecule has 0 aliphatic carbocycles. The van der Waals surface area contributed by atoms with Crippen LogP contribution in [0.5, 0.6) is 5.75 Å². The maximum absolute atomic E-state index is 12.4. The number of nitrogens with one attached hydrogen (secondary N) is 1. The standard InChI is InChI=1S/C22H31N5O2S/c1-29-20-7-3-2-6-19(20)27-14-12-26(13-15-27)16-21-24-18(17-30-21)22(28)23-8-11-25-9-4-5-10-25/h2-3,6-7,17H,4-5,8-16H2,1H3,(H,23,28). The van der Waals surface area contributed by atoms with Crippen molar-refractivity contribution in [3.8, 4) is 5.75 Å². The van der Waals surface area contributed by atoms with Crippen LogP contribution in [-0.4, -0.2) is 80.2 Å². The molecule has 3 heterocycles. The first kappa shape index (κ1) is 21.1. The fraction of sp³-hybridized carbons (Fsp3) is 0.545. The van der Waals surface area contributed by atoms with Crippen LogP contribution in [0.4, 0.5) is 5.69 Å². The van der Waals surface area contributed by atoms with Crippen molar-refractivity contribution in [2.75, 3.05) is 64.4 Å². The number of thiazole rings is 1. The summed E-state index contributed by atoms with van der Waals surface area (Å²) in [5.41, 5.74) is 1.70. The van der Waals surface area contributed by atoms with Gasteiger partial charge in [0.05, 0.1) is 19.3 Å². The van der Waals surface area contributed by atoms with Crippen molar-refractivity contribution < 1.29 is 9.53 Å². The van der Waals surface area contributed by atoms with Crippen molar-refractivity contribution in [1.29, 1.82) is 0 Å². The molecule has 0 atom stereocenters. The average molecular weight is 430 g/mol. The molecule has 1 aromatic carbocycles. The lowest BCUT2D eigenvalue weighted by atomic mass is 10.2. The number of hydrogen-bond acceptors (Lipinski definition) is 7. The van der Waals surface area contributed by atoms with Crippen LogP contribution >= 0.6 is 11.3 Å². The van der Waals surface area contributed by atoms with Crippen molar-refractivity contribution in [3.63, 3.8) is 0 Å². The largest absolute Gasteiger partial charge is 0.495 e. The van der Waals surface area contributed by atoms with Crippen molar-refractivity contribution in [2.24, 2.45) is 0 Å². The van der Waals surface area contributed by atoms with E-state index in [0.717, 1.165) is 68.8 Å². The Bertz CT molecular complexity index is 828. The van der Waals surface area contributed by atoms with Crippen LogP contribution in [0.3, 0.4) is 0 Å². The maximum atomic E-state index is 12.4. The molecule has 2 aliphatic rings. The predicted octanol–water partition coefficient (Wildman–Crippen LogP) is 2.30. The molecule has 1 aromatic heterocycles. The highest BCUT2D eigenvalue weighted by molar-refractivity contribution is 7.09. The third-order valence-electron chi connectivity index (χ3n) is 5.85. The molecule has 1 N–H and O–H groups in total. The van der Waals surface area contributed by atoms with Gasteiger partial charge in [0, 0.05) is 44.6 Å². The van der Waals surface area contributed by atoms with E-state index in [1.807, 2.05) is 17.5 Å². The van der Waals surface area contributed by atoms with Crippen molar-refractivity contribution in [1.82, 2.24) is 20.1 Å². The van der Waals surface area contributed by atoms with E-state index in [4.69, 9.17) is 4.74 Å². The second-order valence-corrected chi connectivity index (χ2v) is 8.81. The minimum atomic E-state index is -0.0577. The zero-order chi connectivity index (χ0) is 20.8. The number of para-hydroxylation sites is 2. The van der Waals surface area contributed by atoms with Gasteiger partial charge in [0.1, 0.15) is 16.5 Å². The van der Waals surface area contributed by atoms with Gasteiger partial charge in [0.15, 0.2) is 0 Å². The van der Waals surface area contributed by atoms with Gasteiger partial charge in [-0.2, -0.15) is 0 Å². The number of likely N-dealkylation sites (tertiary alicyclic amines) is 1. The number of carbonyl (C=O) groups is 1. The molecule has 0 spiro atoms. The number of anilines is 1. The minimum Gasteiger partial charge on any atom is -0.495 e. The number of piperazine rings is 1. The molecule has 0 saturated carbocycles. The van der Waals surface area contributed by atoms with Gasteiger partial charge in [-0.25, -0.2) is 4.98 Å². The first-order valence-corrected chi connectivity index (χ1v) is 11.7. The summed E-state index contributed by atoms with van der Waals surface area (Å²) < 4.78 is 5.50. The summed E-state index contributed by atoms with van der Waals surface area (Å²) in [6.45, 7) is 8.57. The second-order valence-electron chi connectivity index (χ2n) is 7.87. The number of ether oxygens (including phenoxy) is 1. The fourth-order valence-electron chi connectivity index (χ4n) is 4.14. The van der Waals surface area contributed by atoms with Crippen LogP contribution < -0.4 is 15.0 Å². The Hall–Kier alpha value is -2.16. The molecule has 0 unspecified atom stereocenters. The fourth-order valence-corrected chi connectivity index (χ4v) is 4.96. The molecule has 2 fully saturated rings. The molecule has 30 heavy (non-hydrogen) atoms. The second kappa shape index (κ2) is 10.2. The van der Waals surface area contributed by atoms with Gasteiger partial charge in [0.2, 0.25) is 0 Å². The number of hydrogen-bond donors (Lipinski definition) is 1. The van der Waals surface area contributed by atoms with Crippen molar-refractivity contribution in [3.05, 3.63) is 40.3 Å². The lowest BCUT2D eigenvalue weighted by molar-refractivity contribution is 0.0945. The SMILES string of the molecule is COc1ccccc1N1CCN(Cc2nc(C(=O)NCCN3CCCC3)cs2)CC1. The zero-order valence-electron chi connectivity index (χ0n) is 17.7. The Morgan fingerprint density at radius 3 is 2.63 bits per heavy atom. The van der Waals surface area contributed by atoms with E-state index in [-0.39, 0.29) is 5.91 Å². The molecule has 162 valence electrons. The van der Waals surface area contributed by atoms with Crippen LogP contribution in [0.2, 0.25) is 0 Å². The molecule has 4 rings (SSSR count). The van der Waals surface area contributed by atoms with Crippen LogP contribution in [0.15, 0.2) is 29.6 Å². The van der Waals surface area contributed by atoms with E-state index in [1.165, 1.54) is 12.8 Å². The summed E-state index contributed by atoms with van der Waals surface area (Å²) in [6, 6.07) is 8.18. The van der Waals surface area contributed by atoms with Gasteiger partial charge < -0.3 is 19.9 Å². The number of benzene rings is 1. The lowest BCUT2D eigenvalue weighted by Crippen LogP contribution is -2.46. The number of methoxy groups -OCH3 is 1. The topological polar surface area (TPSA) is 60.9 Å². The summed E-state index contributed by atoms with van der Waals surface area (Å²) in [7, 11) is 1.72. The number of aromatic nitrogens is 1. The van der Waals surface area contributed by atoms with Gasteiger partial charge >= 0.3 is 0 Å². The summed E-state index contributed by atoms with van der Waals surface area (Å²) in [5.74, 6) is 0.865. The van der Waals surface area contributed by atoms with E-state index < -0.39 is 0 Å². The Labute approximate surface area is 182 Å². The third kappa shape index (κ3) is 5.30. The molecule has 7 nitrogen and oxygen atoms in total. The van der Waals surface area contributed by atoms with Gasteiger partial charge in [-0.05, 0) is 38.1 Å². The zero-order valence-corrected chi connectivity index (χ0v) is 18.5. The van der Waals surface area contributed by atoms with Crippen LogP contribution in [0.25, 0.3) is 0 Å². The molecule has 2 aromatic rings. The predicted molar refractivity (Wildman–Crippen MR) is 121 cm³/mol. The Morgan fingerprint density at radius 2 is 1.87 bits per heavy atom. The molecular weight excluding hydrogens is 398 g/mol. The van der Waals surface area contributed by atoms with E-state index in [9.17, 15) is 4.79 Å². The van der Waals surface area contributed by atoms with Crippen molar-refractivity contribution >= 4 is 22.9 Å². The lowest BCUT2D eigenvalue weighted by Gasteiger charge is -2.36. The smallest absolute Gasteiger partial charge is 0.270 e. The van der Waals surface area contributed by atoms with Gasteiger partial charge in [-0.1, -0.05) is 12.1 Å². The van der Waals surface area contributed by atoms with E-state index in [1.54, 1.807) is 18.4 Å². The summed E-state index contributed by atoms with van der Waals surface area (Å²) in [6.07, 6.45) is 2.55. The van der Waals surface area contributed by atoms with Crippen LogP contribution in [0, 0.1) is 0 Å². The van der Waals surface area contributed by atoms with Crippen LogP contribution in [-0.2, 0) is 6.54 Å². The van der Waals surface area contributed by atoms with E-state index >= 15 is 0 Å². The minimum absolute atomic E-state index is 0.0577. The Kier molecular flexibility index (Phi) is 7.20. The normalized spacial score (nSPS) is 18.0. The Morgan fingerprint density at radius 1 is 1.10 bits per heavy atom. The third-order valence-corrected chi connectivity index (χ3v) is 6.69. The molecule has 1 amide bonds. The number of amides is 1. The highest BCUT2D eigenvalue weighted by Gasteiger charge is 2.21. The summed E-state index contributed by atoms with van der Waals surface area (Å²) in [4.78, 5) is 24.1. The molecular formula is C22H31N5O2S. The highest BCUT2D eigenvalue weighted by atomic mass is 32.1. The van der Waals surface area contributed by atoms with Gasteiger partial charge in [-0.3, -0.25) is 9.69 Å². The number of rotatable bonds is 8.